The van der Waals surface area contributed by atoms with Crippen molar-refractivity contribution >= 4 is 34.7 Å². The van der Waals surface area contributed by atoms with E-state index in [2.05, 4.69) is 5.32 Å². The smallest absolute Gasteiger partial charge is 0.282 e. The van der Waals surface area contributed by atoms with Crippen LogP contribution in [-0.4, -0.2) is 34.1 Å². The summed E-state index contributed by atoms with van der Waals surface area (Å²) in [6.45, 7) is 1.30. The number of amides is 3. The van der Waals surface area contributed by atoms with Crippen LogP contribution < -0.4 is 5.32 Å². The molecule has 1 atom stereocenters. The zero-order chi connectivity index (χ0) is 18.1. The summed E-state index contributed by atoms with van der Waals surface area (Å²) in [5.74, 6) is -2.05. The molecule has 0 fully saturated rings. The van der Waals surface area contributed by atoms with E-state index in [1.165, 1.54) is 23.5 Å². The highest BCUT2D eigenvalue weighted by Crippen LogP contribution is 2.30. The fourth-order valence-electron chi connectivity index (χ4n) is 2.65. The summed E-state index contributed by atoms with van der Waals surface area (Å²) in [7, 11) is 0. The maximum absolute atomic E-state index is 12.4. The summed E-state index contributed by atoms with van der Waals surface area (Å²) in [6.07, 6.45) is 0. The number of nitro groups is 1. The maximum Gasteiger partial charge on any atom is 0.282 e. The summed E-state index contributed by atoms with van der Waals surface area (Å²) in [5, 5.41) is 15.6. The molecule has 1 N–H and O–H groups in total. The van der Waals surface area contributed by atoms with E-state index in [1.54, 1.807) is 6.92 Å². The summed E-state index contributed by atoms with van der Waals surface area (Å²) in [6, 6.07) is 7.29. The molecule has 3 amide bonds. The van der Waals surface area contributed by atoms with E-state index in [0.717, 1.165) is 15.8 Å². The highest BCUT2D eigenvalue weighted by atomic mass is 32.1. The van der Waals surface area contributed by atoms with Gasteiger partial charge in [0.1, 0.15) is 12.1 Å². The van der Waals surface area contributed by atoms with Crippen LogP contribution in [0.15, 0.2) is 35.7 Å². The summed E-state index contributed by atoms with van der Waals surface area (Å²) < 4.78 is 0. The number of imide groups is 1. The second-order valence-electron chi connectivity index (χ2n) is 5.46. The molecule has 0 saturated carbocycles. The molecule has 0 aliphatic carbocycles. The standard InChI is InChI=1S/C16H13N3O5S/c1-9(12-6-3-7-25-12)17-13(20)8-18-15(21)10-4-2-5-11(19(23)24)14(10)16(18)22/h2-7,9H,8H2,1H3,(H,17,20)/t9-/m1/s1. The summed E-state index contributed by atoms with van der Waals surface area (Å²) in [5.41, 5.74) is -0.763. The number of benzene rings is 1. The minimum absolute atomic E-state index is 0.0571. The van der Waals surface area contributed by atoms with Gasteiger partial charge in [-0.15, -0.1) is 11.3 Å². The van der Waals surface area contributed by atoms with E-state index >= 15 is 0 Å². The number of nitrogens with one attached hydrogen (secondary N) is 1. The van der Waals surface area contributed by atoms with E-state index in [1.807, 2.05) is 17.5 Å². The molecule has 3 rings (SSSR count). The molecule has 0 unspecified atom stereocenters. The lowest BCUT2D eigenvalue weighted by molar-refractivity contribution is -0.385. The van der Waals surface area contributed by atoms with Crippen molar-refractivity contribution in [2.24, 2.45) is 0 Å². The SMILES string of the molecule is C[C@@H](NC(=O)CN1C(=O)c2cccc([N+](=O)[O-])c2C1=O)c1cccs1. The summed E-state index contributed by atoms with van der Waals surface area (Å²) >= 11 is 1.47. The predicted molar refractivity (Wildman–Crippen MR) is 89.3 cm³/mol. The van der Waals surface area contributed by atoms with Crippen molar-refractivity contribution in [2.45, 2.75) is 13.0 Å². The molecule has 1 aromatic carbocycles. The van der Waals surface area contributed by atoms with E-state index in [-0.39, 0.29) is 17.2 Å². The lowest BCUT2D eigenvalue weighted by Gasteiger charge is -2.16. The molecule has 1 aromatic heterocycles. The predicted octanol–water partition coefficient (Wildman–Crippen LogP) is 2.13. The Hall–Kier alpha value is -3.07. The molecule has 2 heterocycles. The highest BCUT2D eigenvalue weighted by Gasteiger charge is 2.41. The van der Waals surface area contributed by atoms with Crippen molar-refractivity contribution < 1.29 is 19.3 Å². The first kappa shape index (κ1) is 16.8. The third kappa shape index (κ3) is 3.01. The minimum atomic E-state index is -0.828. The van der Waals surface area contributed by atoms with E-state index in [0.29, 0.717) is 0 Å². The Bertz CT molecular complexity index is 878. The van der Waals surface area contributed by atoms with Gasteiger partial charge in [-0.3, -0.25) is 29.4 Å². The molecule has 9 heteroatoms. The molecule has 0 bridgehead atoms. The maximum atomic E-state index is 12.4. The zero-order valence-corrected chi connectivity index (χ0v) is 13.9. The number of nitro benzene ring substituents is 1. The van der Waals surface area contributed by atoms with Gasteiger partial charge in [-0.05, 0) is 24.4 Å². The third-order valence-electron chi connectivity index (χ3n) is 3.82. The average molecular weight is 359 g/mol. The van der Waals surface area contributed by atoms with Crippen LogP contribution in [-0.2, 0) is 4.79 Å². The topological polar surface area (TPSA) is 110 Å². The van der Waals surface area contributed by atoms with Crippen molar-refractivity contribution in [3.05, 3.63) is 61.8 Å². The van der Waals surface area contributed by atoms with Crippen molar-refractivity contribution in [2.75, 3.05) is 6.54 Å². The van der Waals surface area contributed by atoms with Crippen LogP contribution in [0, 0.1) is 10.1 Å². The van der Waals surface area contributed by atoms with Crippen molar-refractivity contribution in [1.29, 1.82) is 0 Å². The van der Waals surface area contributed by atoms with Gasteiger partial charge in [-0.25, -0.2) is 0 Å². The van der Waals surface area contributed by atoms with E-state index < -0.39 is 34.9 Å². The summed E-state index contributed by atoms with van der Waals surface area (Å²) in [4.78, 5) is 48.9. The molecule has 1 aliphatic rings. The van der Waals surface area contributed by atoms with Crippen LogP contribution in [0.5, 0.6) is 0 Å². The fraction of sp³-hybridized carbons (Fsp3) is 0.188. The largest absolute Gasteiger partial charge is 0.347 e. The quantitative estimate of drug-likeness (QED) is 0.500. The van der Waals surface area contributed by atoms with Crippen molar-refractivity contribution in [1.82, 2.24) is 10.2 Å². The molecular weight excluding hydrogens is 346 g/mol. The molecule has 25 heavy (non-hydrogen) atoms. The minimum Gasteiger partial charge on any atom is -0.347 e. The Morgan fingerprint density at radius 2 is 2.04 bits per heavy atom. The molecular formula is C16H13N3O5S. The van der Waals surface area contributed by atoms with E-state index in [4.69, 9.17) is 0 Å². The van der Waals surface area contributed by atoms with Gasteiger partial charge < -0.3 is 5.32 Å². The van der Waals surface area contributed by atoms with Crippen molar-refractivity contribution in [3.63, 3.8) is 0 Å². The number of hydrogen-bond donors (Lipinski definition) is 1. The number of thiophene rings is 1. The molecule has 0 saturated heterocycles. The van der Waals surface area contributed by atoms with Crippen LogP contribution in [0.4, 0.5) is 5.69 Å². The first-order valence-electron chi connectivity index (χ1n) is 7.36. The second-order valence-corrected chi connectivity index (χ2v) is 6.44. The van der Waals surface area contributed by atoms with Crippen LogP contribution in [0.25, 0.3) is 0 Å². The second kappa shape index (κ2) is 6.44. The Kier molecular flexibility index (Phi) is 4.32. The first-order chi connectivity index (χ1) is 11.9. The number of rotatable bonds is 5. The first-order valence-corrected chi connectivity index (χ1v) is 8.24. The van der Waals surface area contributed by atoms with Gasteiger partial charge in [0.2, 0.25) is 5.91 Å². The number of hydrogen-bond acceptors (Lipinski definition) is 6. The van der Waals surface area contributed by atoms with Crippen LogP contribution in [0.3, 0.4) is 0 Å². The highest BCUT2D eigenvalue weighted by molar-refractivity contribution is 7.10. The molecule has 0 spiro atoms. The van der Waals surface area contributed by atoms with Gasteiger partial charge >= 0.3 is 0 Å². The fourth-order valence-corrected chi connectivity index (χ4v) is 3.39. The van der Waals surface area contributed by atoms with Crippen LogP contribution >= 0.6 is 11.3 Å². The van der Waals surface area contributed by atoms with Gasteiger partial charge in [0.25, 0.3) is 17.5 Å². The van der Waals surface area contributed by atoms with Crippen molar-refractivity contribution in [3.8, 4) is 0 Å². The van der Waals surface area contributed by atoms with Gasteiger partial charge in [0, 0.05) is 10.9 Å². The third-order valence-corrected chi connectivity index (χ3v) is 4.88. The van der Waals surface area contributed by atoms with Gasteiger partial charge in [-0.2, -0.15) is 0 Å². The number of nitrogens with zero attached hydrogens (tertiary/aromatic N) is 2. The Labute approximate surface area is 146 Å². The van der Waals surface area contributed by atoms with Crippen LogP contribution in [0.1, 0.15) is 38.6 Å². The van der Waals surface area contributed by atoms with Gasteiger partial charge in [0.05, 0.1) is 16.5 Å². The Morgan fingerprint density at radius 3 is 2.68 bits per heavy atom. The number of carbonyl (C=O) groups excluding carboxylic acids is 3. The van der Waals surface area contributed by atoms with Crippen LogP contribution in [0.2, 0.25) is 0 Å². The molecule has 2 aromatic rings. The Balaban J connectivity index is 1.77. The van der Waals surface area contributed by atoms with E-state index in [9.17, 15) is 24.5 Å². The molecule has 8 nitrogen and oxygen atoms in total. The normalized spacial score (nSPS) is 14.4. The number of carbonyl (C=O) groups is 3. The monoisotopic (exact) mass is 359 g/mol. The molecule has 0 radical (unpaired) electrons. The van der Waals surface area contributed by atoms with Gasteiger partial charge in [0.15, 0.2) is 0 Å². The lowest BCUT2D eigenvalue weighted by Crippen LogP contribution is -2.41. The molecule has 1 aliphatic heterocycles. The average Bonchev–Trinajstić information content (AvgIpc) is 3.18. The Morgan fingerprint density at radius 1 is 1.28 bits per heavy atom. The number of fused-ring (bicyclic) bond motifs is 1. The zero-order valence-electron chi connectivity index (χ0n) is 13.1. The van der Waals surface area contributed by atoms with Gasteiger partial charge in [-0.1, -0.05) is 12.1 Å². The molecule has 128 valence electrons. The lowest BCUT2D eigenvalue weighted by atomic mass is 10.1.